The van der Waals surface area contributed by atoms with Crippen LogP contribution in [-0.2, 0) is 11.2 Å². The third kappa shape index (κ3) is 4.08. The number of pyridine rings is 1. The molecule has 0 radical (unpaired) electrons. The lowest BCUT2D eigenvalue weighted by Gasteiger charge is -2.52. The standard InChI is InChI=1S/C23H29N3O3/c1-17-6-9-24-21(12-17)26-15-23(16-26,14-18-4-3-5-20(13-18)29-2)22(28)25-10-7-19(27)8-11-25/h3-6,9,12-13,19,27H,7-8,10-11,14-16H2,1-2H3. The van der Waals surface area contributed by atoms with Crippen molar-refractivity contribution >= 4 is 11.7 Å². The number of anilines is 1. The Labute approximate surface area is 172 Å². The van der Waals surface area contributed by atoms with E-state index in [1.165, 1.54) is 0 Å². The molecule has 2 fully saturated rings. The summed E-state index contributed by atoms with van der Waals surface area (Å²) in [4.78, 5) is 22.2. The maximum atomic E-state index is 13.6. The molecule has 3 heterocycles. The van der Waals surface area contributed by atoms with Gasteiger partial charge in [0, 0.05) is 32.4 Å². The third-order valence-electron chi connectivity index (χ3n) is 6.09. The van der Waals surface area contributed by atoms with Crippen LogP contribution in [0.25, 0.3) is 0 Å². The number of likely N-dealkylation sites (tertiary alicyclic amines) is 1. The maximum absolute atomic E-state index is 13.6. The van der Waals surface area contributed by atoms with Crippen molar-refractivity contribution in [3.8, 4) is 5.75 Å². The second-order valence-corrected chi connectivity index (χ2v) is 8.38. The zero-order valence-electron chi connectivity index (χ0n) is 17.2. The highest BCUT2D eigenvalue weighted by Gasteiger charge is 2.51. The molecule has 4 rings (SSSR count). The molecule has 2 saturated heterocycles. The molecule has 29 heavy (non-hydrogen) atoms. The zero-order valence-corrected chi connectivity index (χ0v) is 17.2. The van der Waals surface area contributed by atoms with E-state index in [1.54, 1.807) is 7.11 Å². The van der Waals surface area contributed by atoms with Crippen LogP contribution in [0.2, 0.25) is 0 Å². The SMILES string of the molecule is COc1cccc(CC2(C(=O)N3CCC(O)CC3)CN(c3cc(C)ccn3)C2)c1. The molecule has 1 amide bonds. The van der Waals surface area contributed by atoms with Crippen LogP contribution in [0.3, 0.4) is 0 Å². The first kappa shape index (κ1) is 19.7. The minimum absolute atomic E-state index is 0.191. The normalized spacial score (nSPS) is 19.0. The summed E-state index contributed by atoms with van der Waals surface area (Å²) < 4.78 is 5.37. The Hall–Kier alpha value is -2.60. The van der Waals surface area contributed by atoms with E-state index >= 15 is 0 Å². The van der Waals surface area contributed by atoms with Gasteiger partial charge in [0.1, 0.15) is 11.6 Å². The van der Waals surface area contributed by atoms with Crippen molar-refractivity contribution in [2.75, 3.05) is 38.2 Å². The molecule has 6 heteroatoms. The van der Waals surface area contributed by atoms with Crippen molar-refractivity contribution in [3.05, 3.63) is 53.7 Å². The van der Waals surface area contributed by atoms with Gasteiger partial charge in [0.2, 0.25) is 5.91 Å². The van der Waals surface area contributed by atoms with Crippen molar-refractivity contribution in [2.24, 2.45) is 5.41 Å². The van der Waals surface area contributed by atoms with Crippen LogP contribution in [0.15, 0.2) is 42.6 Å². The minimum Gasteiger partial charge on any atom is -0.497 e. The number of aliphatic hydroxyl groups excluding tert-OH is 1. The number of amides is 1. The molecule has 2 aromatic rings. The quantitative estimate of drug-likeness (QED) is 0.842. The number of rotatable bonds is 5. The molecule has 2 aliphatic rings. The molecular formula is C23H29N3O3. The largest absolute Gasteiger partial charge is 0.497 e. The molecule has 1 aromatic carbocycles. The highest BCUT2D eigenvalue weighted by molar-refractivity contribution is 5.86. The first-order valence-corrected chi connectivity index (χ1v) is 10.3. The van der Waals surface area contributed by atoms with Gasteiger partial charge in [-0.05, 0) is 61.6 Å². The number of hydrogen-bond acceptors (Lipinski definition) is 5. The Morgan fingerprint density at radius 3 is 2.69 bits per heavy atom. The molecule has 0 saturated carbocycles. The van der Waals surface area contributed by atoms with E-state index in [4.69, 9.17) is 4.74 Å². The van der Waals surface area contributed by atoms with E-state index in [2.05, 4.69) is 28.9 Å². The van der Waals surface area contributed by atoms with E-state index in [0.717, 1.165) is 22.7 Å². The van der Waals surface area contributed by atoms with Crippen LogP contribution in [0.1, 0.15) is 24.0 Å². The summed E-state index contributed by atoms with van der Waals surface area (Å²) in [6.45, 7) is 4.61. The Bertz CT molecular complexity index is 871. The molecule has 0 spiro atoms. The molecule has 0 aliphatic carbocycles. The summed E-state index contributed by atoms with van der Waals surface area (Å²) in [6, 6.07) is 12.0. The highest BCUT2D eigenvalue weighted by Crippen LogP contribution is 2.39. The molecule has 1 N–H and O–H groups in total. The van der Waals surface area contributed by atoms with E-state index in [-0.39, 0.29) is 12.0 Å². The topological polar surface area (TPSA) is 65.9 Å². The molecule has 0 bridgehead atoms. The van der Waals surface area contributed by atoms with Crippen LogP contribution in [0, 0.1) is 12.3 Å². The smallest absolute Gasteiger partial charge is 0.232 e. The van der Waals surface area contributed by atoms with Gasteiger partial charge < -0.3 is 19.6 Å². The van der Waals surface area contributed by atoms with Crippen molar-refractivity contribution in [1.29, 1.82) is 0 Å². The van der Waals surface area contributed by atoms with Crippen molar-refractivity contribution in [2.45, 2.75) is 32.3 Å². The summed E-state index contributed by atoms with van der Waals surface area (Å²) in [5.74, 6) is 1.92. The second kappa shape index (κ2) is 8.03. The number of aliphatic hydroxyl groups is 1. The number of piperidine rings is 1. The molecule has 2 aliphatic heterocycles. The summed E-state index contributed by atoms with van der Waals surface area (Å²) >= 11 is 0. The average molecular weight is 396 g/mol. The van der Waals surface area contributed by atoms with Gasteiger partial charge in [-0.3, -0.25) is 4.79 Å². The fourth-order valence-corrected chi connectivity index (χ4v) is 4.44. The molecule has 0 unspecified atom stereocenters. The van der Waals surface area contributed by atoms with Gasteiger partial charge in [-0.2, -0.15) is 0 Å². The third-order valence-corrected chi connectivity index (χ3v) is 6.09. The van der Waals surface area contributed by atoms with Crippen molar-refractivity contribution in [1.82, 2.24) is 9.88 Å². The summed E-state index contributed by atoms with van der Waals surface area (Å²) in [7, 11) is 1.66. The van der Waals surface area contributed by atoms with Gasteiger partial charge in [-0.15, -0.1) is 0 Å². The lowest BCUT2D eigenvalue weighted by Crippen LogP contribution is -2.65. The number of aryl methyl sites for hydroxylation is 1. The number of methoxy groups -OCH3 is 1. The molecule has 0 atom stereocenters. The van der Waals surface area contributed by atoms with Crippen LogP contribution >= 0.6 is 0 Å². The maximum Gasteiger partial charge on any atom is 0.232 e. The number of nitrogens with zero attached hydrogens (tertiary/aromatic N) is 3. The Balaban J connectivity index is 1.56. The molecule has 154 valence electrons. The zero-order chi connectivity index (χ0) is 20.4. The number of ether oxygens (including phenoxy) is 1. The Morgan fingerprint density at radius 2 is 2.00 bits per heavy atom. The number of carbonyl (C=O) groups excluding carboxylic acids is 1. The van der Waals surface area contributed by atoms with Gasteiger partial charge in [-0.1, -0.05) is 12.1 Å². The summed E-state index contributed by atoms with van der Waals surface area (Å²) in [6.07, 6.45) is 3.52. The summed E-state index contributed by atoms with van der Waals surface area (Å²) in [5, 5.41) is 9.82. The van der Waals surface area contributed by atoms with E-state index in [1.807, 2.05) is 35.4 Å². The van der Waals surface area contributed by atoms with Gasteiger partial charge in [0.15, 0.2) is 0 Å². The van der Waals surface area contributed by atoms with Crippen LogP contribution in [-0.4, -0.2) is 60.3 Å². The van der Waals surface area contributed by atoms with Crippen molar-refractivity contribution in [3.63, 3.8) is 0 Å². The predicted molar refractivity (Wildman–Crippen MR) is 112 cm³/mol. The van der Waals surface area contributed by atoms with Crippen molar-refractivity contribution < 1.29 is 14.6 Å². The lowest BCUT2D eigenvalue weighted by molar-refractivity contribution is -0.146. The molecule has 6 nitrogen and oxygen atoms in total. The molecular weight excluding hydrogens is 366 g/mol. The van der Waals surface area contributed by atoms with Crippen LogP contribution in [0.4, 0.5) is 5.82 Å². The lowest BCUT2D eigenvalue weighted by atomic mass is 9.73. The Kier molecular flexibility index (Phi) is 5.46. The fourth-order valence-electron chi connectivity index (χ4n) is 4.44. The monoisotopic (exact) mass is 395 g/mol. The number of aromatic nitrogens is 1. The first-order chi connectivity index (χ1) is 14.0. The predicted octanol–water partition coefficient (Wildman–Crippen LogP) is 2.43. The van der Waals surface area contributed by atoms with E-state index in [0.29, 0.717) is 45.4 Å². The first-order valence-electron chi connectivity index (χ1n) is 10.3. The average Bonchev–Trinajstić information content (AvgIpc) is 2.70. The highest BCUT2D eigenvalue weighted by atomic mass is 16.5. The van der Waals surface area contributed by atoms with E-state index in [9.17, 15) is 9.90 Å². The Morgan fingerprint density at radius 1 is 1.24 bits per heavy atom. The second-order valence-electron chi connectivity index (χ2n) is 8.38. The number of benzene rings is 1. The molecule has 1 aromatic heterocycles. The van der Waals surface area contributed by atoms with Gasteiger partial charge >= 0.3 is 0 Å². The van der Waals surface area contributed by atoms with Gasteiger partial charge in [0.05, 0.1) is 18.6 Å². The van der Waals surface area contributed by atoms with E-state index < -0.39 is 5.41 Å². The van der Waals surface area contributed by atoms with Crippen LogP contribution < -0.4 is 9.64 Å². The number of carbonyl (C=O) groups is 1. The fraction of sp³-hybridized carbons (Fsp3) is 0.478. The van der Waals surface area contributed by atoms with Crippen LogP contribution in [0.5, 0.6) is 5.75 Å². The van der Waals surface area contributed by atoms with Gasteiger partial charge in [-0.25, -0.2) is 4.98 Å². The number of hydrogen-bond donors (Lipinski definition) is 1. The minimum atomic E-state index is -0.472. The van der Waals surface area contributed by atoms with Gasteiger partial charge in [0.25, 0.3) is 0 Å². The summed E-state index contributed by atoms with van der Waals surface area (Å²) in [5.41, 5.74) is 1.79.